The Morgan fingerprint density at radius 1 is 1.44 bits per heavy atom. The lowest BCUT2D eigenvalue weighted by atomic mass is 9.76. The molecule has 1 fully saturated rings. The van der Waals surface area contributed by atoms with Gasteiger partial charge in [0.15, 0.2) is 0 Å². The molecule has 0 heterocycles. The first-order valence-electron chi connectivity index (χ1n) is 6.32. The number of ether oxygens (including phenoxy) is 1. The largest absolute Gasteiger partial charge is 0.375 e. The van der Waals surface area contributed by atoms with E-state index in [9.17, 15) is 4.79 Å². The smallest absolute Gasteiger partial charge is 0.236 e. The summed E-state index contributed by atoms with van der Waals surface area (Å²) in [5, 5.41) is 0. The summed E-state index contributed by atoms with van der Waals surface area (Å²) in [7, 11) is 0. The van der Waals surface area contributed by atoms with Crippen LogP contribution in [0.4, 0.5) is 0 Å². The molecule has 1 aliphatic carbocycles. The van der Waals surface area contributed by atoms with Crippen LogP contribution in [0.2, 0.25) is 0 Å². The van der Waals surface area contributed by atoms with Crippen molar-refractivity contribution in [3.05, 3.63) is 0 Å². The lowest BCUT2D eigenvalue weighted by molar-refractivity contribution is -0.130. The summed E-state index contributed by atoms with van der Waals surface area (Å²) >= 11 is 0. The Bertz CT molecular complexity index is 215. The number of nitrogens with two attached hydrogens (primary N) is 1. The molecule has 1 aliphatic rings. The SMILES string of the molecule is CCCC1(OCC)CCC(C(=O)NN)CC1. The van der Waals surface area contributed by atoms with Gasteiger partial charge in [-0.05, 0) is 39.0 Å². The highest BCUT2D eigenvalue weighted by Gasteiger charge is 2.37. The zero-order valence-corrected chi connectivity index (χ0v) is 10.4. The van der Waals surface area contributed by atoms with Gasteiger partial charge in [-0.15, -0.1) is 0 Å². The zero-order chi connectivity index (χ0) is 12.0. The van der Waals surface area contributed by atoms with E-state index in [0.717, 1.165) is 45.1 Å². The Morgan fingerprint density at radius 2 is 2.06 bits per heavy atom. The molecule has 0 aliphatic heterocycles. The quantitative estimate of drug-likeness (QED) is 0.428. The monoisotopic (exact) mass is 228 g/mol. The van der Waals surface area contributed by atoms with Crippen LogP contribution in [0, 0.1) is 5.92 Å². The Morgan fingerprint density at radius 3 is 2.50 bits per heavy atom. The van der Waals surface area contributed by atoms with Crippen molar-refractivity contribution in [1.29, 1.82) is 0 Å². The van der Waals surface area contributed by atoms with Gasteiger partial charge < -0.3 is 4.74 Å². The average molecular weight is 228 g/mol. The van der Waals surface area contributed by atoms with Crippen molar-refractivity contribution in [3.63, 3.8) is 0 Å². The molecule has 0 spiro atoms. The molecule has 0 aromatic carbocycles. The van der Waals surface area contributed by atoms with Crippen LogP contribution < -0.4 is 11.3 Å². The third kappa shape index (κ3) is 3.19. The average Bonchev–Trinajstić information content (AvgIpc) is 2.30. The fourth-order valence-electron chi connectivity index (χ4n) is 2.75. The molecule has 16 heavy (non-hydrogen) atoms. The molecular formula is C12H24N2O2. The maximum Gasteiger partial charge on any atom is 0.236 e. The molecule has 0 bridgehead atoms. The minimum Gasteiger partial charge on any atom is -0.375 e. The third-order valence-corrected chi connectivity index (χ3v) is 3.57. The lowest BCUT2D eigenvalue weighted by Gasteiger charge is -2.39. The molecule has 1 amide bonds. The molecule has 1 saturated carbocycles. The van der Waals surface area contributed by atoms with E-state index in [4.69, 9.17) is 10.6 Å². The van der Waals surface area contributed by atoms with E-state index in [-0.39, 0.29) is 17.4 Å². The topological polar surface area (TPSA) is 64.3 Å². The molecule has 0 unspecified atom stereocenters. The van der Waals surface area contributed by atoms with Crippen LogP contribution in [-0.2, 0) is 9.53 Å². The molecule has 4 heteroatoms. The van der Waals surface area contributed by atoms with Crippen molar-refractivity contribution >= 4 is 5.91 Å². The van der Waals surface area contributed by atoms with E-state index in [1.54, 1.807) is 0 Å². The minimum absolute atomic E-state index is 0.0227. The number of hydrogen-bond acceptors (Lipinski definition) is 3. The lowest BCUT2D eigenvalue weighted by Crippen LogP contribution is -2.43. The maximum atomic E-state index is 11.4. The molecule has 0 radical (unpaired) electrons. The second-order valence-electron chi connectivity index (χ2n) is 4.65. The van der Waals surface area contributed by atoms with Crippen LogP contribution in [0.1, 0.15) is 52.4 Å². The fourth-order valence-corrected chi connectivity index (χ4v) is 2.75. The number of nitrogens with one attached hydrogen (secondary N) is 1. The van der Waals surface area contributed by atoms with Crippen molar-refractivity contribution in [2.75, 3.05) is 6.61 Å². The van der Waals surface area contributed by atoms with E-state index in [2.05, 4.69) is 12.3 Å². The van der Waals surface area contributed by atoms with Gasteiger partial charge >= 0.3 is 0 Å². The standard InChI is InChI=1S/C12H24N2O2/c1-3-7-12(16-4-2)8-5-10(6-9-12)11(15)14-13/h10H,3-9,13H2,1-2H3,(H,14,15). The van der Waals surface area contributed by atoms with Gasteiger partial charge in [0.1, 0.15) is 0 Å². The van der Waals surface area contributed by atoms with E-state index in [1.165, 1.54) is 0 Å². The second-order valence-corrected chi connectivity index (χ2v) is 4.65. The van der Waals surface area contributed by atoms with Crippen LogP contribution >= 0.6 is 0 Å². The third-order valence-electron chi connectivity index (χ3n) is 3.57. The first-order valence-corrected chi connectivity index (χ1v) is 6.32. The van der Waals surface area contributed by atoms with Gasteiger partial charge in [0, 0.05) is 12.5 Å². The molecular weight excluding hydrogens is 204 g/mol. The highest BCUT2D eigenvalue weighted by Crippen LogP contribution is 2.38. The summed E-state index contributed by atoms with van der Waals surface area (Å²) in [5.41, 5.74) is 2.27. The van der Waals surface area contributed by atoms with Crippen LogP contribution in [-0.4, -0.2) is 18.1 Å². The zero-order valence-electron chi connectivity index (χ0n) is 10.4. The summed E-state index contributed by atoms with van der Waals surface area (Å²) in [6, 6.07) is 0. The van der Waals surface area contributed by atoms with Gasteiger partial charge in [-0.2, -0.15) is 0 Å². The van der Waals surface area contributed by atoms with E-state index >= 15 is 0 Å². The highest BCUT2D eigenvalue weighted by atomic mass is 16.5. The summed E-state index contributed by atoms with van der Waals surface area (Å²) < 4.78 is 5.91. The van der Waals surface area contributed by atoms with Crippen LogP contribution in [0.15, 0.2) is 0 Å². The predicted molar refractivity (Wildman–Crippen MR) is 63.6 cm³/mol. The number of rotatable bonds is 5. The molecule has 4 nitrogen and oxygen atoms in total. The molecule has 0 aromatic heterocycles. The van der Waals surface area contributed by atoms with Crippen molar-refractivity contribution in [2.24, 2.45) is 11.8 Å². The van der Waals surface area contributed by atoms with Gasteiger partial charge in [0.25, 0.3) is 0 Å². The van der Waals surface area contributed by atoms with Gasteiger partial charge in [0.05, 0.1) is 5.60 Å². The van der Waals surface area contributed by atoms with Gasteiger partial charge in [-0.1, -0.05) is 13.3 Å². The first-order chi connectivity index (χ1) is 7.67. The number of hydrazine groups is 1. The number of amides is 1. The second kappa shape index (κ2) is 6.21. The van der Waals surface area contributed by atoms with Gasteiger partial charge in [-0.25, -0.2) is 5.84 Å². The minimum atomic E-state index is -0.0263. The molecule has 3 N–H and O–H groups in total. The van der Waals surface area contributed by atoms with Crippen molar-refractivity contribution in [3.8, 4) is 0 Å². The van der Waals surface area contributed by atoms with E-state index < -0.39 is 0 Å². The molecule has 0 aromatic rings. The Balaban J connectivity index is 2.51. The Labute approximate surface area is 97.9 Å². The molecule has 1 rings (SSSR count). The normalized spacial score (nSPS) is 30.1. The van der Waals surface area contributed by atoms with Crippen LogP contribution in [0.3, 0.4) is 0 Å². The summed E-state index contributed by atoms with van der Waals surface area (Å²) in [6.45, 7) is 4.98. The van der Waals surface area contributed by atoms with Gasteiger partial charge in [0.2, 0.25) is 5.91 Å². The maximum absolute atomic E-state index is 11.4. The summed E-state index contributed by atoms with van der Waals surface area (Å²) in [4.78, 5) is 11.4. The molecule has 0 saturated heterocycles. The molecule has 0 atom stereocenters. The Hall–Kier alpha value is -0.610. The Kier molecular flexibility index (Phi) is 5.22. The van der Waals surface area contributed by atoms with E-state index in [0.29, 0.717) is 0 Å². The van der Waals surface area contributed by atoms with Crippen molar-refractivity contribution < 1.29 is 9.53 Å². The van der Waals surface area contributed by atoms with E-state index in [1.807, 2.05) is 6.92 Å². The fraction of sp³-hybridized carbons (Fsp3) is 0.917. The summed E-state index contributed by atoms with van der Waals surface area (Å²) in [6.07, 6.45) is 5.97. The first kappa shape index (κ1) is 13.5. The molecule has 94 valence electrons. The van der Waals surface area contributed by atoms with Gasteiger partial charge in [-0.3, -0.25) is 10.2 Å². The highest BCUT2D eigenvalue weighted by molar-refractivity contribution is 5.78. The van der Waals surface area contributed by atoms with Crippen LogP contribution in [0.5, 0.6) is 0 Å². The number of carbonyl (C=O) groups excluding carboxylic acids is 1. The predicted octanol–water partition coefficient (Wildman–Crippen LogP) is 1.74. The van der Waals surface area contributed by atoms with Crippen LogP contribution in [0.25, 0.3) is 0 Å². The number of carbonyl (C=O) groups is 1. The van der Waals surface area contributed by atoms with Crippen molar-refractivity contribution in [1.82, 2.24) is 5.43 Å². The van der Waals surface area contributed by atoms with Crippen molar-refractivity contribution in [2.45, 2.75) is 58.0 Å². The summed E-state index contributed by atoms with van der Waals surface area (Å²) in [5.74, 6) is 5.21. The number of hydrogen-bond donors (Lipinski definition) is 2.